The van der Waals surface area contributed by atoms with Crippen molar-refractivity contribution in [2.45, 2.75) is 19.6 Å². The van der Waals surface area contributed by atoms with Crippen LogP contribution in [0.2, 0.25) is 0 Å². The Morgan fingerprint density at radius 2 is 1.95 bits per heavy atom. The minimum absolute atomic E-state index is 0.387. The van der Waals surface area contributed by atoms with Crippen LogP contribution in [0.1, 0.15) is 16.8 Å². The molecule has 0 saturated heterocycles. The molecule has 0 aliphatic rings. The molecule has 19 heavy (non-hydrogen) atoms. The molecule has 2 aromatic rings. The number of hydrogen-bond acceptors (Lipinski definition) is 3. The molecule has 1 N–H and O–H groups in total. The second kappa shape index (κ2) is 5.26. The second-order valence-corrected chi connectivity index (χ2v) is 4.05. The molecule has 2 rings (SSSR count). The first-order valence-corrected chi connectivity index (χ1v) is 5.64. The predicted molar refractivity (Wildman–Crippen MR) is 65.5 cm³/mol. The van der Waals surface area contributed by atoms with Crippen LogP contribution in [0, 0.1) is 6.92 Å². The van der Waals surface area contributed by atoms with E-state index in [0.717, 1.165) is 23.5 Å². The SMILES string of the molecule is Cc1cccnc1CNc1ccc(C(F)(F)F)cn1. The van der Waals surface area contributed by atoms with Gasteiger partial charge in [0.25, 0.3) is 0 Å². The topological polar surface area (TPSA) is 37.8 Å². The lowest BCUT2D eigenvalue weighted by Gasteiger charge is -2.09. The number of halogens is 3. The van der Waals surface area contributed by atoms with Gasteiger partial charge in [-0.2, -0.15) is 13.2 Å². The third-order valence-electron chi connectivity index (χ3n) is 2.65. The first kappa shape index (κ1) is 13.3. The molecule has 2 heterocycles. The van der Waals surface area contributed by atoms with Gasteiger partial charge < -0.3 is 5.32 Å². The summed E-state index contributed by atoms with van der Waals surface area (Å²) in [7, 11) is 0. The summed E-state index contributed by atoms with van der Waals surface area (Å²) < 4.78 is 37.1. The molecule has 0 radical (unpaired) electrons. The second-order valence-electron chi connectivity index (χ2n) is 4.05. The summed E-state index contributed by atoms with van der Waals surface area (Å²) in [5.74, 6) is 0.387. The highest BCUT2D eigenvalue weighted by Crippen LogP contribution is 2.28. The fraction of sp³-hybridized carbons (Fsp3) is 0.231. The van der Waals surface area contributed by atoms with E-state index >= 15 is 0 Å². The Labute approximate surface area is 108 Å². The van der Waals surface area contributed by atoms with Gasteiger partial charge in [-0.3, -0.25) is 4.98 Å². The number of pyridine rings is 2. The van der Waals surface area contributed by atoms with E-state index < -0.39 is 11.7 Å². The highest BCUT2D eigenvalue weighted by atomic mass is 19.4. The lowest BCUT2D eigenvalue weighted by atomic mass is 10.2. The summed E-state index contributed by atoms with van der Waals surface area (Å²) in [6.45, 7) is 2.34. The van der Waals surface area contributed by atoms with Crippen LogP contribution >= 0.6 is 0 Å². The largest absolute Gasteiger partial charge is 0.417 e. The Morgan fingerprint density at radius 3 is 2.53 bits per heavy atom. The zero-order chi connectivity index (χ0) is 13.9. The Bertz CT molecular complexity index is 550. The molecule has 2 aromatic heterocycles. The van der Waals surface area contributed by atoms with E-state index in [2.05, 4.69) is 15.3 Å². The van der Waals surface area contributed by atoms with E-state index in [1.807, 2.05) is 19.1 Å². The zero-order valence-electron chi connectivity index (χ0n) is 10.2. The minimum Gasteiger partial charge on any atom is -0.364 e. The molecule has 100 valence electrons. The van der Waals surface area contributed by atoms with Crippen molar-refractivity contribution in [1.29, 1.82) is 0 Å². The number of anilines is 1. The van der Waals surface area contributed by atoms with E-state index in [9.17, 15) is 13.2 Å². The molecule has 0 atom stereocenters. The van der Waals surface area contributed by atoms with Crippen LogP contribution in [0.5, 0.6) is 0 Å². The summed E-state index contributed by atoms with van der Waals surface area (Å²) in [4.78, 5) is 7.91. The molecule has 0 aliphatic carbocycles. The summed E-state index contributed by atoms with van der Waals surface area (Å²) in [6, 6.07) is 6.06. The maximum atomic E-state index is 12.4. The molecule has 0 bridgehead atoms. The normalized spacial score (nSPS) is 11.4. The van der Waals surface area contributed by atoms with Crippen molar-refractivity contribution in [1.82, 2.24) is 9.97 Å². The van der Waals surface area contributed by atoms with Gasteiger partial charge in [-0.1, -0.05) is 6.07 Å². The molecular formula is C13H12F3N3. The number of nitrogens with zero attached hydrogens (tertiary/aromatic N) is 2. The van der Waals surface area contributed by atoms with E-state index in [0.29, 0.717) is 12.4 Å². The molecule has 3 nitrogen and oxygen atoms in total. The van der Waals surface area contributed by atoms with Gasteiger partial charge in [0, 0.05) is 12.4 Å². The maximum Gasteiger partial charge on any atom is 0.417 e. The highest BCUT2D eigenvalue weighted by molar-refractivity contribution is 5.37. The maximum absolute atomic E-state index is 12.4. The van der Waals surface area contributed by atoms with E-state index in [-0.39, 0.29) is 0 Å². The lowest BCUT2D eigenvalue weighted by Crippen LogP contribution is -2.08. The molecule has 0 aliphatic heterocycles. The van der Waals surface area contributed by atoms with Crippen molar-refractivity contribution >= 4 is 5.82 Å². The molecule has 0 saturated carbocycles. The molecule has 0 aromatic carbocycles. The summed E-state index contributed by atoms with van der Waals surface area (Å²) >= 11 is 0. The van der Waals surface area contributed by atoms with Gasteiger partial charge in [-0.05, 0) is 30.7 Å². The Balaban J connectivity index is 2.03. The van der Waals surface area contributed by atoms with Crippen molar-refractivity contribution < 1.29 is 13.2 Å². The number of hydrogen-bond donors (Lipinski definition) is 1. The van der Waals surface area contributed by atoms with Crippen molar-refractivity contribution in [3.05, 3.63) is 53.5 Å². The van der Waals surface area contributed by atoms with Gasteiger partial charge in [-0.15, -0.1) is 0 Å². The quantitative estimate of drug-likeness (QED) is 0.926. The predicted octanol–water partition coefficient (Wildman–Crippen LogP) is 3.42. The molecule has 0 unspecified atom stereocenters. The molecular weight excluding hydrogens is 255 g/mol. The first-order valence-electron chi connectivity index (χ1n) is 5.64. The van der Waals surface area contributed by atoms with Crippen molar-refractivity contribution in [3.8, 4) is 0 Å². The Hall–Kier alpha value is -2.11. The lowest BCUT2D eigenvalue weighted by molar-refractivity contribution is -0.137. The molecule has 0 fully saturated rings. The smallest absolute Gasteiger partial charge is 0.364 e. The van der Waals surface area contributed by atoms with Crippen LogP contribution in [-0.2, 0) is 12.7 Å². The monoisotopic (exact) mass is 267 g/mol. The average Bonchev–Trinajstić information content (AvgIpc) is 2.37. The molecule has 0 spiro atoms. The van der Waals surface area contributed by atoms with Gasteiger partial charge in [0.05, 0.1) is 17.8 Å². The Kier molecular flexibility index (Phi) is 3.69. The highest BCUT2D eigenvalue weighted by Gasteiger charge is 2.30. The van der Waals surface area contributed by atoms with Crippen LogP contribution in [0.15, 0.2) is 36.7 Å². The van der Waals surface area contributed by atoms with E-state index in [4.69, 9.17) is 0 Å². The fourth-order valence-corrected chi connectivity index (χ4v) is 1.54. The van der Waals surface area contributed by atoms with Crippen LogP contribution in [-0.4, -0.2) is 9.97 Å². The third kappa shape index (κ3) is 3.43. The molecule has 6 heteroatoms. The van der Waals surface area contributed by atoms with Crippen LogP contribution in [0.25, 0.3) is 0 Å². The van der Waals surface area contributed by atoms with Crippen LogP contribution < -0.4 is 5.32 Å². The number of rotatable bonds is 3. The summed E-state index contributed by atoms with van der Waals surface area (Å²) in [5.41, 5.74) is 1.10. The number of aromatic nitrogens is 2. The van der Waals surface area contributed by atoms with Gasteiger partial charge in [0.1, 0.15) is 5.82 Å². The fourth-order valence-electron chi connectivity index (χ4n) is 1.54. The summed E-state index contributed by atoms with van der Waals surface area (Å²) in [6.07, 6.45) is -1.87. The number of alkyl halides is 3. The standard InChI is InChI=1S/C13H12F3N3/c1-9-3-2-6-17-11(9)8-19-12-5-4-10(7-18-12)13(14,15)16/h2-7H,8H2,1H3,(H,18,19). The van der Waals surface area contributed by atoms with Crippen molar-refractivity contribution in [2.24, 2.45) is 0 Å². The van der Waals surface area contributed by atoms with Gasteiger partial charge in [0.2, 0.25) is 0 Å². The minimum atomic E-state index is -4.36. The summed E-state index contributed by atoms with van der Waals surface area (Å²) in [5, 5.41) is 2.94. The van der Waals surface area contributed by atoms with E-state index in [1.54, 1.807) is 6.20 Å². The average molecular weight is 267 g/mol. The van der Waals surface area contributed by atoms with Gasteiger partial charge in [-0.25, -0.2) is 4.98 Å². The third-order valence-corrected chi connectivity index (χ3v) is 2.65. The van der Waals surface area contributed by atoms with E-state index in [1.165, 1.54) is 6.07 Å². The first-order chi connectivity index (χ1) is 8.97. The molecule has 0 amide bonds. The van der Waals surface area contributed by atoms with Crippen molar-refractivity contribution in [2.75, 3.05) is 5.32 Å². The van der Waals surface area contributed by atoms with Gasteiger partial charge in [0.15, 0.2) is 0 Å². The number of nitrogens with one attached hydrogen (secondary N) is 1. The number of aryl methyl sites for hydroxylation is 1. The van der Waals surface area contributed by atoms with Gasteiger partial charge >= 0.3 is 6.18 Å². The van der Waals surface area contributed by atoms with Crippen molar-refractivity contribution in [3.63, 3.8) is 0 Å². The zero-order valence-corrected chi connectivity index (χ0v) is 10.2. The Morgan fingerprint density at radius 1 is 1.16 bits per heavy atom. The van der Waals surface area contributed by atoms with Crippen LogP contribution in [0.3, 0.4) is 0 Å². The van der Waals surface area contributed by atoms with Crippen LogP contribution in [0.4, 0.5) is 19.0 Å².